The highest BCUT2D eigenvalue weighted by molar-refractivity contribution is 5.50. The minimum Gasteiger partial charge on any atom is -0.508 e. The second-order valence-corrected chi connectivity index (χ2v) is 7.99. The van der Waals surface area contributed by atoms with Crippen LogP contribution in [0.3, 0.4) is 0 Å². The Labute approximate surface area is 140 Å². The standard InChI is InChI=1S/C15H24O.C6H6O/c1-10-8-9-11(14(2,3)4)12(13(10)16)15(5,6)7;7-6-4-2-1-3-5-6/h8-9,16H,1-7H3;1-5,7H. The van der Waals surface area contributed by atoms with Gasteiger partial charge in [-0.15, -0.1) is 0 Å². The van der Waals surface area contributed by atoms with Gasteiger partial charge in [-0.3, -0.25) is 0 Å². The second kappa shape index (κ2) is 7.08. The largest absolute Gasteiger partial charge is 0.508 e. The Hall–Kier alpha value is -1.96. The zero-order valence-corrected chi connectivity index (χ0v) is 15.4. The molecule has 2 heteroatoms. The van der Waals surface area contributed by atoms with Crippen LogP contribution in [0.2, 0.25) is 0 Å². The van der Waals surface area contributed by atoms with Crippen LogP contribution >= 0.6 is 0 Å². The maximum Gasteiger partial charge on any atom is 0.122 e. The Morgan fingerprint density at radius 3 is 1.57 bits per heavy atom. The van der Waals surface area contributed by atoms with Gasteiger partial charge < -0.3 is 10.2 Å². The highest BCUT2D eigenvalue weighted by Crippen LogP contribution is 2.40. The summed E-state index contributed by atoms with van der Waals surface area (Å²) in [4.78, 5) is 0. The van der Waals surface area contributed by atoms with Gasteiger partial charge in [0.05, 0.1) is 0 Å². The molecule has 0 heterocycles. The lowest BCUT2D eigenvalue weighted by Gasteiger charge is -2.31. The molecule has 0 aromatic heterocycles. The molecular weight excluding hydrogens is 284 g/mol. The maximum atomic E-state index is 10.3. The fourth-order valence-electron chi connectivity index (χ4n) is 2.51. The van der Waals surface area contributed by atoms with E-state index < -0.39 is 0 Å². The Kier molecular flexibility index (Phi) is 5.87. The molecule has 0 aliphatic heterocycles. The van der Waals surface area contributed by atoms with Crippen molar-refractivity contribution in [2.45, 2.75) is 59.3 Å². The van der Waals surface area contributed by atoms with Crippen molar-refractivity contribution in [3.63, 3.8) is 0 Å². The topological polar surface area (TPSA) is 40.5 Å². The third-order valence-corrected chi connectivity index (χ3v) is 3.69. The molecule has 0 amide bonds. The fourth-order valence-corrected chi connectivity index (χ4v) is 2.51. The van der Waals surface area contributed by atoms with Gasteiger partial charge in [-0.2, -0.15) is 0 Å². The minimum absolute atomic E-state index is 0.0291. The summed E-state index contributed by atoms with van der Waals surface area (Å²) in [7, 11) is 0. The van der Waals surface area contributed by atoms with E-state index in [0.29, 0.717) is 11.5 Å². The van der Waals surface area contributed by atoms with Crippen molar-refractivity contribution in [2.24, 2.45) is 0 Å². The number of aromatic hydroxyl groups is 2. The molecule has 23 heavy (non-hydrogen) atoms. The third kappa shape index (κ3) is 5.31. The van der Waals surface area contributed by atoms with Crippen molar-refractivity contribution in [2.75, 3.05) is 0 Å². The summed E-state index contributed by atoms with van der Waals surface area (Å²) in [5, 5.41) is 18.9. The highest BCUT2D eigenvalue weighted by atomic mass is 16.3. The summed E-state index contributed by atoms with van der Waals surface area (Å²) >= 11 is 0. The molecule has 0 aliphatic carbocycles. The molecule has 0 unspecified atom stereocenters. The minimum atomic E-state index is -0.0291. The molecule has 0 saturated carbocycles. The smallest absolute Gasteiger partial charge is 0.122 e. The predicted molar refractivity (Wildman–Crippen MR) is 98.4 cm³/mol. The molecule has 0 bridgehead atoms. The molecule has 0 atom stereocenters. The van der Waals surface area contributed by atoms with E-state index in [4.69, 9.17) is 5.11 Å². The zero-order valence-electron chi connectivity index (χ0n) is 15.4. The van der Waals surface area contributed by atoms with Crippen molar-refractivity contribution >= 4 is 0 Å². The van der Waals surface area contributed by atoms with Crippen LogP contribution < -0.4 is 0 Å². The summed E-state index contributed by atoms with van der Waals surface area (Å²) in [6, 6.07) is 12.9. The Morgan fingerprint density at radius 1 is 0.696 bits per heavy atom. The van der Waals surface area contributed by atoms with Gasteiger partial charge in [0.15, 0.2) is 0 Å². The van der Waals surface area contributed by atoms with Gasteiger partial charge in [-0.25, -0.2) is 0 Å². The molecule has 2 N–H and O–H groups in total. The van der Waals surface area contributed by atoms with Crippen LogP contribution in [0.15, 0.2) is 42.5 Å². The first-order valence-corrected chi connectivity index (χ1v) is 8.02. The maximum absolute atomic E-state index is 10.3. The van der Waals surface area contributed by atoms with Gasteiger partial charge in [-0.05, 0) is 41.0 Å². The molecule has 0 fully saturated rings. The van der Waals surface area contributed by atoms with Crippen LogP contribution in [-0.4, -0.2) is 10.2 Å². The van der Waals surface area contributed by atoms with Crippen LogP contribution in [0.4, 0.5) is 0 Å². The molecule has 2 rings (SSSR count). The number of phenols is 2. The molecule has 0 aliphatic rings. The first-order valence-electron chi connectivity index (χ1n) is 8.02. The van der Waals surface area contributed by atoms with E-state index in [9.17, 15) is 5.11 Å². The quantitative estimate of drug-likeness (QED) is 0.656. The van der Waals surface area contributed by atoms with Crippen LogP contribution in [0.1, 0.15) is 58.2 Å². The number of phenolic OH excluding ortho intramolecular Hbond substituents is 2. The normalized spacial score (nSPS) is 11.6. The first-order chi connectivity index (χ1) is 10.4. The van der Waals surface area contributed by atoms with Crippen molar-refractivity contribution in [3.05, 3.63) is 59.2 Å². The average molecular weight is 314 g/mol. The van der Waals surface area contributed by atoms with Gasteiger partial charge in [0, 0.05) is 5.56 Å². The van der Waals surface area contributed by atoms with Gasteiger partial charge >= 0.3 is 0 Å². The van der Waals surface area contributed by atoms with Crippen LogP contribution in [0.25, 0.3) is 0 Å². The molecule has 2 aromatic rings. The summed E-state index contributed by atoms with van der Waals surface area (Å²) in [5.41, 5.74) is 3.31. The third-order valence-electron chi connectivity index (χ3n) is 3.69. The van der Waals surface area contributed by atoms with Crippen LogP contribution in [0.5, 0.6) is 11.5 Å². The highest BCUT2D eigenvalue weighted by Gasteiger charge is 2.28. The molecule has 0 saturated heterocycles. The molecule has 2 nitrogen and oxygen atoms in total. The molecule has 0 radical (unpaired) electrons. The summed E-state index contributed by atoms with van der Waals surface area (Å²) in [6.45, 7) is 15.0. The predicted octanol–water partition coefficient (Wildman–Crippen LogP) is 5.69. The van der Waals surface area contributed by atoms with E-state index in [1.54, 1.807) is 24.3 Å². The number of aryl methyl sites for hydroxylation is 1. The Morgan fingerprint density at radius 2 is 1.22 bits per heavy atom. The van der Waals surface area contributed by atoms with Crippen molar-refractivity contribution in [1.29, 1.82) is 0 Å². The number of hydrogen-bond acceptors (Lipinski definition) is 2. The fraction of sp³-hybridized carbons (Fsp3) is 0.429. The monoisotopic (exact) mass is 314 g/mol. The Balaban J connectivity index is 0.000000313. The van der Waals surface area contributed by atoms with Crippen molar-refractivity contribution < 1.29 is 10.2 Å². The van der Waals surface area contributed by atoms with E-state index in [1.165, 1.54) is 5.56 Å². The van der Waals surface area contributed by atoms with Gasteiger partial charge in [-0.1, -0.05) is 71.9 Å². The van der Waals surface area contributed by atoms with Gasteiger partial charge in [0.2, 0.25) is 0 Å². The molecular formula is C21H30O2. The SMILES string of the molecule is Cc1ccc(C(C)(C)C)c(C(C)(C)C)c1O.Oc1ccccc1. The van der Waals surface area contributed by atoms with E-state index in [2.05, 4.69) is 47.6 Å². The van der Waals surface area contributed by atoms with E-state index in [0.717, 1.165) is 11.1 Å². The number of rotatable bonds is 0. The zero-order chi connectivity index (χ0) is 17.8. The molecule has 126 valence electrons. The second-order valence-electron chi connectivity index (χ2n) is 7.99. The summed E-state index contributed by atoms with van der Waals surface area (Å²) < 4.78 is 0. The number of hydrogen-bond donors (Lipinski definition) is 2. The molecule has 0 spiro atoms. The van der Waals surface area contributed by atoms with Crippen LogP contribution in [-0.2, 0) is 10.8 Å². The van der Waals surface area contributed by atoms with Gasteiger partial charge in [0.1, 0.15) is 11.5 Å². The lowest BCUT2D eigenvalue weighted by molar-refractivity contribution is 0.432. The van der Waals surface area contributed by atoms with Crippen LogP contribution in [0, 0.1) is 6.92 Å². The van der Waals surface area contributed by atoms with E-state index in [1.807, 2.05) is 19.1 Å². The number of para-hydroxylation sites is 1. The van der Waals surface area contributed by atoms with Crippen molar-refractivity contribution in [1.82, 2.24) is 0 Å². The van der Waals surface area contributed by atoms with E-state index >= 15 is 0 Å². The lowest BCUT2D eigenvalue weighted by atomic mass is 9.74. The van der Waals surface area contributed by atoms with Gasteiger partial charge in [0.25, 0.3) is 0 Å². The number of benzene rings is 2. The van der Waals surface area contributed by atoms with E-state index in [-0.39, 0.29) is 10.8 Å². The summed E-state index contributed by atoms with van der Waals surface area (Å²) in [5.74, 6) is 0.780. The molecule has 2 aromatic carbocycles. The first kappa shape index (κ1) is 19.1. The average Bonchev–Trinajstić information content (AvgIpc) is 2.40. The summed E-state index contributed by atoms with van der Waals surface area (Å²) in [6.07, 6.45) is 0. The van der Waals surface area contributed by atoms with Crippen molar-refractivity contribution in [3.8, 4) is 11.5 Å². The lowest BCUT2D eigenvalue weighted by Crippen LogP contribution is -2.22. The Bertz CT molecular complexity index is 629.